The summed E-state index contributed by atoms with van der Waals surface area (Å²) in [5.41, 5.74) is 7.29. The molecule has 0 spiro atoms. The zero-order valence-electron chi connectivity index (χ0n) is 8.81. The molecule has 2 aromatic rings. The van der Waals surface area contributed by atoms with Crippen molar-refractivity contribution in [1.29, 1.82) is 5.26 Å². The first kappa shape index (κ1) is 12.5. The topological polar surface area (TPSA) is 49.8 Å². The molecule has 0 aliphatic heterocycles. The van der Waals surface area contributed by atoms with Gasteiger partial charge in [-0.3, -0.25) is 0 Å². The van der Waals surface area contributed by atoms with Crippen LogP contribution in [0.5, 0.6) is 0 Å². The maximum atomic E-state index is 9.01. The van der Waals surface area contributed by atoms with E-state index in [1.807, 2.05) is 24.3 Å². The molecule has 0 bridgehead atoms. The third-order valence-corrected chi connectivity index (χ3v) is 2.51. The maximum absolute atomic E-state index is 9.01. The van der Waals surface area contributed by atoms with E-state index in [-0.39, 0.29) is 12.4 Å². The normalized spacial score (nSPS) is 9.50. The first-order valence-electron chi connectivity index (χ1n) is 4.97. The fourth-order valence-corrected chi connectivity index (χ4v) is 1.75. The van der Waals surface area contributed by atoms with Gasteiger partial charge in [0.15, 0.2) is 0 Å². The molecule has 0 aliphatic rings. The van der Waals surface area contributed by atoms with E-state index in [1.54, 1.807) is 0 Å². The van der Waals surface area contributed by atoms with Gasteiger partial charge in [-0.05, 0) is 41.4 Å². The Morgan fingerprint density at radius 3 is 2.31 bits per heavy atom. The van der Waals surface area contributed by atoms with Crippen molar-refractivity contribution in [3.8, 4) is 6.07 Å². The lowest BCUT2D eigenvalue weighted by molar-refractivity contribution is 0.967. The van der Waals surface area contributed by atoms with Crippen LogP contribution in [-0.2, 0) is 6.42 Å². The molecule has 0 amide bonds. The van der Waals surface area contributed by atoms with Crippen LogP contribution in [0.15, 0.2) is 36.4 Å². The fourth-order valence-electron chi connectivity index (χ4n) is 1.75. The van der Waals surface area contributed by atoms with Gasteiger partial charge >= 0.3 is 0 Å². The molecule has 2 nitrogen and oxygen atoms in total. The van der Waals surface area contributed by atoms with Gasteiger partial charge in [0.1, 0.15) is 0 Å². The van der Waals surface area contributed by atoms with Crippen LogP contribution < -0.4 is 5.73 Å². The largest absolute Gasteiger partial charge is 0.330 e. The summed E-state index contributed by atoms with van der Waals surface area (Å²) in [5.74, 6) is 0. The number of hydrogen-bond acceptors (Lipinski definition) is 2. The molecule has 3 heteroatoms. The highest BCUT2D eigenvalue weighted by Gasteiger charge is 2.03. The second-order valence-corrected chi connectivity index (χ2v) is 3.51. The van der Waals surface area contributed by atoms with Crippen molar-refractivity contribution in [3.05, 3.63) is 47.5 Å². The van der Waals surface area contributed by atoms with Gasteiger partial charge in [-0.1, -0.05) is 24.3 Å². The van der Waals surface area contributed by atoms with Gasteiger partial charge in [0, 0.05) is 0 Å². The van der Waals surface area contributed by atoms with E-state index in [0.29, 0.717) is 6.54 Å². The Morgan fingerprint density at radius 2 is 1.75 bits per heavy atom. The molecule has 0 saturated heterocycles. The summed E-state index contributed by atoms with van der Waals surface area (Å²) in [6, 6.07) is 14.3. The zero-order valence-corrected chi connectivity index (χ0v) is 9.63. The van der Waals surface area contributed by atoms with Crippen molar-refractivity contribution in [2.45, 2.75) is 6.42 Å². The molecule has 0 heterocycles. The average molecular weight is 233 g/mol. The van der Waals surface area contributed by atoms with Gasteiger partial charge in [0.2, 0.25) is 0 Å². The molecule has 0 aromatic heterocycles. The molecular formula is C13H13ClN2. The molecule has 0 fully saturated rings. The van der Waals surface area contributed by atoms with E-state index < -0.39 is 0 Å². The number of nitriles is 1. The SMILES string of the molecule is Cl.N#Cc1cc2ccccc2cc1CCN. The maximum Gasteiger partial charge on any atom is 0.0994 e. The van der Waals surface area contributed by atoms with Gasteiger partial charge in [-0.15, -0.1) is 12.4 Å². The third kappa shape index (κ3) is 2.33. The number of nitrogens with two attached hydrogens (primary N) is 1. The number of fused-ring (bicyclic) bond motifs is 1. The summed E-state index contributed by atoms with van der Waals surface area (Å²) in [7, 11) is 0. The minimum Gasteiger partial charge on any atom is -0.330 e. The van der Waals surface area contributed by atoms with Gasteiger partial charge in [-0.2, -0.15) is 5.26 Å². The van der Waals surface area contributed by atoms with Crippen molar-refractivity contribution in [2.75, 3.05) is 6.54 Å². The highest BCUT2D eigenvalue weighted by atomic mass is 35.5. The zero-order chi connectivity index (χ0) is 10.7. The Bertz CT molecular complexity index is 529. The average Bonchev–Trinajstić information content (AvgIpc) is 2.28. The minimum absolute atomic E-state index is 0. The summed E-state index contributed by atoms with van der Waals surface area (Å²) >= 11 is 0. The summed E-state index contributed by atoms with van der Waals surface area (Å²) in [6.07, 6.45) is 0.758. The van der Waals surface area contributed by atoms with Gasteiger partial charge in [0.05, 0.1) is 11.6 Å². The van der Waals surface area contributed by atoms with E-state index >= 15 is 0 Å². The highest BCUT2D eigenvalue weighted by Crippen LogP contribution is 2.19. The van der Waals surface area contributed by atoms with Gasteiger partial charge in [-0.25, -0.2) is 0 Å². The van der Waals surface area contributed by atoms with Crippen LogP contribution in [0.4, 0.5) is 0 Å². The van der Waals surface area contributed by atoms with E-state index in [0.717, 1.165) is 22.9 Å². The van der Waals surface area contributed by atoms with Crippen LogP contribution in [0.25, 0.3) is 10.8 Å². The lowest BCUT2D eigenvalue weighted by Gasteiger charge is -2.04. The Kier molecular flexibility index (Phi) is 4.30. The van der Waals surface area contributed by atoms with Crippen LogP contribution in [0.3, 0.4) is 0 Å². The molecule has 0 aliphatic carbocycles. The number of nitrogens with zero attached hydrogens (tertiary/aromatic N) is 1. The quantitative estimate of drug-likeness (QED) is 0.866. The lowest BCUT2D eigenvalue weighted by Crippen LogP contribution is -2.04. The number of hydrogen-bond donors (Lipinski definition) is 1. The van der Waals surface area contributed by atoms with E-state index in [9.17, 15) is 0 Å². The smallest absolute Gasteiger partial charge is 0.0994 e. The predicted octanol–water partition coefficient (Wildman–Crippen LogP) is 2.63. The Hall–Kier alpha value is -1.56. The Morgan fingerprint density at radius 1 is 1.12 bits per heavy atom. The predicted molar refractivity (Wildman–Crippen MR) is 68.7 cm³/mol. The number of rotatable bonds is 2. The molecule has 2 rings (SSSR count). The van der Waals surface area contributed by atoms with Crippen LogP contribution in [0, 0.1) is 11.3 Å². The Labute approximate surface area is 101 Å². The molecular weight excluding hydrogens is 220 g/mol. The van der Waals surface area contributed by atoms with Crippen LogP contribution in [0.2, 0.25) is 0 Å². The summed E-state index contributed by atoms with van der Waals surface area (Å²) in [4.78, 5) is 0. The van der Waals surface area contributed by atoms with Crippen molar-refractivity contribution in [2.24, 2.45) is 5.73 Å². The summed E-state index contributed by atoms with van der Waals surface area (Å²) in [6.45, 7) is 0.576. The molecule has 82 valence electrons. The van der Waals surface area contributed by atoms with Crippen LogP contribution in [-0.4, -0.2) is 6.54 Å². The third-order valence-electron chi connectivity index (χ3n) is 2.51. The van der Waals surface area contributed by atoms with Crippen LogP contribution in [0.1, 0.15) is 11.1 Å². The second kappa shape index (κ2) is 5.50. The van der Waals surface area contributed by atoms with Crippen molar-refractivity contribution in [3.63, 3.8) is 0 Å². The first-order chi connectivity index (χ1) is 7.35. The monoisotopic (exact) mass is 232 g/mol. The van der Waals surface area contributed by atoms with E-state index in [1.165, 1.54) is 5.39 Å². The van der Waals surface area contributed by atoms with E-state index in [2.05, 4.69) is 18.2 Å². The molecule has 0 saturated carbocycles. The highest BCUT2D eigenvalue weighted by molar-refractivity contribution is 5.85. The minimum atomic E-state index is 0. The molecule has 0 unspecified atom stereocenters. The molecule has 0 radical (unpaired) electrons. The van der Waals surface area contributed by atoms with Crippen molar-refractivity contribution in [1.82, 2.24) is 0 Å². The van der Waals surface area contributed by atoms with Crippen molar-refractivity contribution < 1.29 is 0 Å². The van der Waals surface area contributed by atoms with Gasteiger partial charge < -0.3 is 5.73 Å². The Balaban J connectivity index is 0.00000128. The first-order valence-corrected chi connectivity index (χ1v) is 4.97. The molecule has 16 heavy (non-hydrogen) atoms. The summed E-state index contributed by atoms with van der Waals surface area (Å²) in [5, 5.41) is 11.3. The van der Waals surface area contributed by atoms with Crippen molar-refractivity contribution >= 4 is 23.2 Å². The van der Waals surface area contributed by atoms with E-state index in [4.69, 9.17) is 11.0 Å². The molecule has 2 aromatic carbocycles. The molecule has 0 atom stereocenters. The van der Waals surface area contributed by atoms with Gasteiger partial charge in [0.25, 0.3) is 0 Å². The number of halogens is 1. The number of benzene rings is 2. The standard InChI is InChI=1S/C13H12N2.ClH/c14-6-5-12-7-10-3-1-2-4-11(10)8-13(12)9-15;/h1-4,7-8H,5-6,14H2;1H. The summed E-state index contributed by atoms with van der Waals surface area (Å²) < 4.78 is 0. The second-order valence-electron chi connectivity index (χ2n) is 3.51. The van der Waals surface area contributed by atoms with Crippen LogP contribution >= 0.6 is 12.4 Å². The lowest BCUT2D eigenvalue weighted by atomic mass is 10.00. The molecule has 2 N–H and O–H groups in total. The fraction of sp³-hybridized carbons (Fsp3) is 0.154.